The van der Waals surface area contributed by atoms with Gasteiger partial charge in [0.2, 0.25) is 5.88 Å². The first-order chi connectivity index (χ1) is 7.76. The molecule has 5 heteroatoms. The van der Waals surface area contributed by atoms with Gasteiger partial charge in [-0.2, -0.15) is 0 Å². The third-order valence-corrected chi connectivity index (χ3v) is 1.85. The SMILES string of the molecule is COC(=O)/C=C/NCc1ccc(OC)nc1. The Morgan fingerprint density at radius 1 is 1.50 bits per heavy atom. The first-order valence-electron chi connectivity index (χ1n) is 4.73. The summed E-state index contributed by atoms with van der Waals surface area (Å²) in [5, 5.41) is 2.94. The van der Waals surface area contributed by atoms with Crippen LogP contribution in [-0.4, -0.2) is 25.2 Å². The van der Waals surface area contributed by atoms with Crippen LogP contribution in [0.5, 0.6) is 5.88 Å². The summed E-state index contributed by atoms with van der Waals surface area (Å²) in [5.41, 5.74) is 0.996. The highest BCUT2D eigenvalue weighted by Gasteiger charge is 1.94. The van der Waals surface area contributed by atoms with Crippen LogP contribution in [0.3, 0.4) is 0 Å². The summed E-state index contributed by atoms with van der Waals surface area (Å²) in [6.45, 7) is 0.588. The van der Waals surface area contributed by atoms with E-state index < -0.39 is 0 Å². The summed E-state index contributed by atoms with van der Waals surface area (Å²) in [6.07, 6.45) is 4.56. The first-order valence-corrected chi connectivity index (χ1v) is 4.73. The average Bonchev–Trinajstić information content (AvgIpc) is 2.35. The first kappa shape index (κ1) is 12.0. The molecular weight excluding hydrogens is 208 g/mol. The highest BCUT2D eigenvalue weighted by Crippen LogP contribution is 2.05. The van der Waals surface area contributed by atoms with Crippen LogP contribution in [0.2, 0.25) is 0 Å². The van der Waals surface area contributed by atoms with Crippen LogP contribution >= 0.6 is 0 Å². The Kier molecular flexibility index (Phi) is 4.85. The van der Waals surface area contributed by atoms with E-state index in [1.54, 1.807) is 19.4 Å². The van der Waals surface area contributed by atoms with Gasteiger partial charge in [0.1, 0.15) is 0 Å². The van der Waals surface area contributed by atoms with E-state index in [2.05, 4.69) is 15.0 Å². The zero-order valence-corrected chi connectivity index (χ0v) is 9.27. The molecule has 0 aliphatic rings. The van der Waals surface area contributed by atoms with Crippen molar-refractivity contribution in [1.29, 1.82) is 0 Å². The van der Waals surface area contributed by atoms with Crippen LogP contribution in [0, 0.1) is 0 Å². The standard InChI is InChI=1S/C11H14N2O3/c1-15-10-4-3-9(8-13-10)7-12-6-5-11(14)16-2/h3-6,8,12H,7H2,1-2H3/b6-5+. The quantitative estimate of drug-likeness (QED) is 0.591. The van der Waals surface area contributed by atoms with Crippen molar-refractivity contribution in [3.8, 4) is 5.88 Å². The second-order valence-electron chi connectivity index (χ2n) is 2.95. The Balaban J connectivity index is 2.37. The minimum absolute atomic E-state index is 0.389. The number of nitrogens with one attached hydrogen (secondary N) is 1. The van der Waals surface area contributed by atoms with Crippen LogP contribution in [0.15, 0.2) is 30.6 Å². The van der Waals surface area contributed by atoms with Crippen molar-refractivity contribution in [2.45, 2.75) is 6.54 Å². The third-order valence-electron chi connectivity index (χ3n) is 1.85. The van der Waals surface area contributed by atoms with Crippen LogP contribution in [-0.2, 0) is 16.1 Å². The molecule has 0 radical (unpaired) electrons. The molecule has 1 aromatic rings. The molecule has 0 aliphatic heterocycles. The fourth-order valence-corrected chi connectivity index (χ4v) is 1.01. The minimum Gasteiger partial charge on any atom is -0.481 e. The Morgan fingerprint density at radius 2 is 2.31 bits per heavy atom. The zero-order chi connectivity index (χ0) is 11.8. The largest absolute Gasteiger partial charge is 0.481 e. The zero-order valence-electron chi connectivity index (χ0n) is 9.27. The van der Waals surface area contributed by atoms with Gasteiger partial charge in [-0.3, -0.25) is 0 Å². The van der Waals surface area contributed by atoms with Gasteiger partial charge in [-0.05, 0) is 5.56 Å². The lowest BCUT2D eigenvalue weighted by molar-refractivity contribution is -0.134. The molecule has 0 aromatic carbocycles. The molecule has 0 bridgehead atoms. The van der Waals surface area contributed by atoms with Gasteiger partial charge in [-0.1, -0.05) is 6.07 Å². The summed E-state index contributed by atoms with van der Waals surface area (Å²) < 4.78 is 9.37. The summed E-state index contributed by atoms with van der Waals surface area (Å²) in [5.74, 6) is 0.189. The molecule has 0 fully saturated rings. The Bertz CT molecular complexity index is 360. The second-order valence-corrected chi connectivity index (χ2v) is 2.95. The minimum atomic E-state index is -0.389. The molecule has 1 N–H and O–H groups in total. The average molecular weight is 222 g/mol. The number of rotatable bonds is 5. The molecule has 16 heavy (non-hydrogen) atoms. The van der Waals surface area contributed by atoms with Gasteiger partial charge >= 0.3 is 5.97 Å². The van der Waals surface area contributed by atoms with E-state index in [4.69, 9.17) is 4.74 Å². The number of hydrogen-bond acceptors (Lipinski definition) is 5. The fourth-order valence-electron chi connectivity index (χ4n) is 1.01. The van der Waals surface area contributed by atoms with Gasteiger partial charge in [-0.25, -0.2) is 9.78 Å². The predicted octanol–water partition coefficient (Wildman–Crippen LogP) is 0.866. The van der Waals surface area contributed by atoms with Crippen molar-refractivity contribution < 1.29 is 14.3 Å². The second kappa shape index (κ2) is 6.44. The van der Waals surface area contributed by atoms with Crippen LogP contribution in [0.4, 0.5) is 0 Å². The van der Waals surface area contributed by atoms with Gasteiger partial charge in [0.05, 0.1) is 14.2 Å². The normalized spacial score (nSPS) is 10.1. The molecule has 0 atom stereocenters. The fraction of sp³-hybridized carbons (Fsp3) is 0.273. The smallest absolute Gasteiger partial charge is 0.331 e. The highest BCUT2D eigenvalue weighted by atomic mass is 16.5. The number of nitrogens with zero attached hydrogens (tertiary/aromatic N) is 1. The lowest BCUT2D eigenvalue weighted by atomic mass is 10.3. The van der Waals surface area contributed by atoms with Crippen LogP contribution < -0.4 is 10.1 Å². The van der Waals surface area contributed by atoms with E-state index >= 15 is 0 Å². The van der Waals surface area contributed by atoms with Crippen LogP contribution in [0.25, 0.3) is 0 Å². The van der Waals surface area contributed by atoms with Crippen molar-refractivity contribution in [2.75, 3.05) is 14.2 Å². The van der Waals surface area contributed by atoms with Gasteiger partial charge in [0.25, 0.3) is 0 Å². The van der Waals surface area contributed by atoms with E-state index in [9.17, 15) is 4.79 Å². The molecule has 0 aliphatic carbocycles. The van der Waals surface area contributed by atoms with E-state index in [0.29, 0.717) is 12.4 Å². The Hall–Kier alpha value is -2.04. The summed E-state index contributed by atoms with van der Waals surface area (Å²) >= 11 is 0. The number of methoxy groups -OCH3 is 2. The molecular formula is C11H14N2O3. The molecule has 1 heterocycles. The molecule has 5 nitrogen and oxygen atoms in total. The summed E-state index contributed by atoms with van der Waals surface area (Å²) in [4.78, 5) is 14.8. The molecule has 0 saturated heterocycles. The van der Waals surface area contributed by atoms with Crippen molar-refractivity contribution in [2.24, 2.45) is 0 Å². The summed E-state index contributed by atoms with van der Waals surface area (Å²) in [7, 11) is 2.90. The Morgan fingerprint density at radius 3 is 2.88 bits per heavy atom. The number of pyridine rings is 1. The maximum Gasteiger partial charge on any atom is 0.331 e. The van der Waals surface area contributed by atoms with Gasteiger partial charge in [0.15, 0.2) is 0 Å². The maximum absolute atomic E-state index is 10.7. The molecule has 0 unspecified atom stereocenters. The van der Waals surface area contributed by atoms with Gasteiger partial charge in [-0.15, -0.1) is 0 Å². The monoisotopic (exact) mass is 222 g/mol. The molecule has 86 valence electrons. The van der Waals surface area contributed by atoms with E-state index in [1.807, 2.05) is 6.07 Å². The number of aromatic nitrogens is 1. The summed E-state index contributed by atoms with van der Waals surface area (Å²) in [6, 6.07) is 3.67. The molecule has 0 spiro atoms. The number of carbonyl (C=O) groups excluding carboxylic acids is 1. The molecule has 1 rings (SSSR count). The number of esters is 1. The van der Waals surface area contributed by atoms with E-state index in [1.165, 1.54) is 19.4 Å². The number of hydrogen-bond donors (Lipinski definition) is 1. The predicted molar refractivity (Wildman–Crippen MR) is 58.8 cm³/mol. The van der Waals surface area contributed by atoms with E-state index in [0.717, 1.165) is 5.56 Å². The molecule has 0 saturated carbocycles. The topological polar surface area (TPSA) is 60.5 Å². The third kappa shape index (κ3) is 4.00. The van der Waals surface area contributed by atoms with Crippen LogP contribution in [0.1, 0.15) is 5.56 Å². The lowest BCUT2D eigenvalue weighted by Crippen LogP contribution is -2.06. The van der Waals surface area contributed by atoms with Crippen molar-refractivity contribution >= 4 is 5.97 Å². The van der Waals surface area contributed by atoms with Crippen molar-refractivity contribution in [1.82, 2.24) is 10.3 Å². The highest BCUT2D eigenvalue weighted by molar-refractivity contribution is 5.81. The molecule has 0 amide bonds. The lowest BCUT2D eigenvalue weighted by Gasteiger charge is -2.02. The van der Waals surface area contributed by atoms with Crippen molar-refractivity contribution in [3.63, 3.8) is 0 Å². The Labute approximate surface area is 94.1 Å². The number of carbonyl (C=O) groups is 1. The number of ether oxygens (including phenoxy) is 2. The van der Waals surface area contributed by atoms with Gasteiger partial charge < -0.3 is 14.8 Å². The molecule has 1 aromatic heterocycles. The van der Waals surface area contributed by atoms with E-state index in [-0.39, 0.29) is 5.97 Å². The van der Waals surface area contributed by atoms with Crippen molar-refractivity contribution in [3.05, 3.63) is 36.2 Å². The van der Waals surface area contributed by atoms with Gasteiger partial charge in [0, 0.05) is 31.1 Å². The maximum atomic E-state index is 10.7.